The number of aromatic nitrogens is 3. The molecule has 0 aliphatic carbocycles. The van der Waals surface area contributed by atoms with Gasteiger partial charge < -0.3 is 9.47 Å². The number of hydrogen-bond donors (Lipinski definition) is 1. The summed E-state index contributed by atoms with van der Waals surface area (Å²) in [4.78, 5) is 5.93. The SMILES string of the molecule is COc1ccc2c(c1)CC(c1n[nH]c(Cc3cccs3)n1)CO2. The number of fused-ring (bicyclic) bond motifs is 1. The minimum atomic E-state index is 0.169. The van der Waals surface area contributed by atoms with Crippen molar-refractivity contribution in [3.8, 4) is 11.5 Å². The summed E-state index contributed by atoms with van der Waals surface area (Å²) in [7, 11) is 1.68. The molecule has 1 aliphatic heterocycles. The Kier molecular flexibility index (Phi) is 3.75. The smallest absolute Gasteiger partial charge is 0.157 e. The van der Waals surface area contributed by atoms with Gasteiger partial charge in [-0.25, -0.2) is 4.98 Å². The molecule has 23 heavy (non-hydrogen) atoms. The number of methoxy groups -OCH3 is 1. The predicted molar refractivity (Wildman–Crippen MR) is 88.4 cm³/mol. The Morgan fingerprint density at radius 2 is 2.35 bits per heavy atom. The fourth-order valence-electron chi connectivity index (χ4n) is 2.81. The van der Waals surface area contributed by atoms with Crippen LogP contribution >= 0.6 is 11.3 Å². The minimum absolute atomic E-state index is 0.169. The fraction of sp³-hybridized carbons (Fsp3) is 0.294. The van der Waals surface area contributed by atoms with Crippen molar-refractivity contribution in [2.75, 3.05) is 13.7 Å². The second-order valence-corrected chi connectivity index (χ2v) is 6.61. The number of benzene rings is 1. The van der Waals surface area contributed by atoms with E-state index in [9.17, 15) is 0 Å². The van der Waals surface area contributed by atoms with Crippen molar-refractivity contribution in [3.05, 3.63) is 57.8 Å². The van der Waals surface area contributed by atoms with E-state index in [2.05, 4.69) is 32.7 Å². The van der Waals surface area contributed by atoms with Gasteiger partial charge in [0.05, 0.1) is 19.6 Å². The van der Waals surface area contributed by atoms with E-state index in [1.54, 1.807) is 18.4 Å². The third-order valence-electron chi connectivity index (χ3n) is 4.01. The fourth-order valence-corrected chi connectivity index (χ4v) is 3.52. The highest BCUT2D eigenvalue weighted by Gasteiger charge is 2.25. The van der Waals surface area contributed by atoms with Crippen LogP contribution in [0.2, 0.25) is 0 Å². The highest BCUT2D eigenvalue weighted by molar-refractivity contribution is 7.09. The topological polar surface area (TPSA) is 60.0 Å². The molecule has 1 aromatic carbocycles. The molecular formula is C17H17N3O2S. The molecule has 0 fully saturated rings. The van der Waals surface area contributed by atoms with Crippen LogP contribution in [-0.4, -0.2) is 28.9 Å². The maximum absolute atomic E-state index is 5.86. The van der Waals surface area contributed by atoms with Gasteiger partial charge in [-0.05, 0) is 41.6 Å². The first-order valence-corrected chi connectivity index (χ1v) is 8.43. The largest absolute Gasteiger partial charge is 0.497 e. The average molecular weight is 327 g/mol. The molecule has 0 radical (unpaired) electrons. The van der Waals surface area contributed by atoms with Crippen LogP contribution in [0.5, 0.6) is 11.5 Å². The molecule has 1 aliphatic rings. The first-order valence-electron chi connectivity index (χ1n) is 7.55. The summed E-state index contributed by atoms with van der Waals surface area (Å²) in [6.45, 7) is 0.607. The average Bonchev–Trinajstić information content (AvgIpc) is 3.26. The van der Waals surface area contributed by atoms with Gasteiger partial charge in [-0.15, -0.1) is 11.3 Å². The number of thiophene rings is 1. The highest BCUT2D eigenvalue weighted by atomic mass is 32.1. The highest BCUT2D eigenvalue weighted by Crippen LogP contribution is 2.33. The van der Waals surface area contributed by atoms with Crippen molar-refractivity contribution in [3.63, 3.8) is 0 Å². The summed E-state index contributed by atoms with van der Waals surface area (Å²) in [6.07, 6.45) is 1.66. The number of ether oxygens (including phenoxy) is 2. The van der Waals surface area contributed by atoms with E-state index in [-0.39, 0.29) is 5.92 Å². The second-order valence-electron chi connectivity index (χ2n) is 5.58. The van der Waals surface area contributed by atoms with Crippen LogP contribution in [0.4, 0.5) is 0 Å². The van der Waals surface area contributed by atoms with E-state index in [4.69, 9.17) is 9.47 Å². The van der Waals surface area contributed by atoms with E-state index in [1.165, 1.54) is 4.88 Å². The van der Waals surface area contributed by atoms with Crippen LogP contribution in [0.1, 0.15) is 28.0 Å². The maximum Gasteiger partial charge on any atom is 0.157 e. The lowest BCUT2D eigenvalue weighted by Gasteiger charge is -2.23. The zero-order chi connectivity index (χ0) is 15.6. The molecule has 1 unspecified atom stereocenters. The van der Waals surface area contributed by atoms with Crippen molar-refractivity contribution in [2.45, 2.75) is 18.8 Å². The van der Waals surface area contributed by atoms with Gasteiger partial charge in [0.1, 0.15) is 17.3 Å². The number of aromatic amines is 1. The Bertz CT molecular complexity index is 798. The first-order chi connectivity index (χ1) is 11.3. The van der Waals surface area contributed by atoms with E-state index < -0.39 is 0 Å². The van der Waals surface area contributed by atoms with Gasteiger partial charge >= 0.3 is 0 Å². The van der Waals surface area contributed by atoms with Gasteiger partial charge in [-0.1, -0.05) is 6.07 Å². The molecule has 0 spiro atoms. The van der Waals surface area contributed by atoms with Crippen LogP contribution in [0.15, 0.2) is 35.7 Å². The molecule has 4 rings (SSSR count). The number of nitrogens with zero attached hydrogens (tertiary/aromatic N) is 2. The van der Waals surface area contributed by atoms with Gasteiger partial charge in [0.2, 0.25) is 0 Å². The summed E-state index contributed by atoms with van der Waals surface area (Å²) in [5.41, 5.74) is 1.14. The molecule has 0 amide bonds. The van der Waals surface area contributed by atoms with E-state index in [1.807, 2.05) is 18.2 Å². The lowest BCUT2D eigenvalue weighted by molar-refractivity contribution is 0.257. The molecule has 5 nitrogen and oxygen atoms in total. The van der Waals surface area contributed by atoms with Crippen LogP contribution in [0, 0.1) is 0 Å². The van der Waals surface area contributed by atoms with Gasteiger partial charge in [-0.3, -0.25) is 5.10 Å². The lowest BCUT2D eigenvalue weighted by atomic mass is 9.96. The van der Waals surface area contributed by atoms with E-state index >= 15 is 0 Å². The summed E-state index contributed by atoms with van der Waals surface area (Å²) in [5.74, 6) is 3.67. The first kappa shape index (κ1) is 14.3. The van der Waals surface area contributed by atoms with Crippen LogP contribution < -0.4 is 9.47 Å². The number of nitrogens with one attached hydrogen (secondary N) is 1. The van der Waals surface area contributed by atoms with Crippen molar-refractivity contribution in [1.29, 1.82) is 0 Å². The zero-order valence-electron chi connectivity index (χ0n) is 12.8. The molecule has 118 valence electrons. The van der Waals surface area contributed by atoms with Gasteiger partial charge in [0.15, 0.2) is 5.82 Å². The van der Waals surface area contributed by atoms with Gasteiger partial charge in [-0.2, -0.15) is 5.10 Å². The Hall–Kier alpha value is -2.34. The molecular weight excluding hydrogens is 310 g/mol. The quantitative estimate of drug-likeness (QED) is 0.799. The second kappa shape index (κ2) is 6.04. The lowest BCUT2D eigenvalue weighted by Crippen LogP contribution is -2.20. The van der Waals surface area contributed by atoms with Crippen molar-refractivity contribution < 1.29 is 9.47 Å². The van der Waals surface area contributed by atoms with Crippen molar-refractivity contribution in [1.82, 2.24) is 15.2 Å². The molecule has 3 aromatic rings. The number of H-pyrrole nitrogens is 1. The van der Waals surface area contributed by atoms with Gasteiger partial charge in [0, 0.05) is 11.3 Å². The van der Waals surface area contributed by atoms with Crippen molar-refractivity contribution >= 4 is 11.3 Å². The normalized spacial score (nSPS) is 16.7. The summed E-state index contributed by atoms with van der Waals surface area (Å²) in [6, 6.07) is 10.1. The third-order valence-corrected chi connectivity index (χ3v) is 4.89. The zero-order valence-corrected chi connectivity index (χ0v) is 13.6. The summed E-state index contributed by atoms with van der Waals surface area (Å²) >= 11 is 1.73. The van der Waals surface area contributed by atoms with Crippen LogP contribution in [0.3, 0.4) is 0 Å². The molecule has 0 bridgehead atoms. The molecule has 6 heteroatoms. The molecule has 1 atom stereocenters. The summed E-state index contributed by atoms with van der Waals surface area (Å²) in [5, 5.41) is 9.52. The Balaban J connectivity index is 1.51. The maximum atomic E-state index is 5.86. The minimum Gasteiger partial charge on any atom is -0.497 e. The standard InChI is InChI=1S/C17H17N3O2S/c1-21-13-4-5-15-11(8-13)7-12(10-22-15)17-18-16(19-20-17)9-14-3-2-6-23-14/h2-6,8,12H,7,9-10H2,1H3,(H,18,19,20). The number of hydrogen-bond acceptors (Lipinski definition) is 5. The molecule has 0 saturated heterocycles. The van der Waals surface area contributed by atoms with Crippen LogP contribution in [0.25, 0.3) is 0 Å². The van der Waals surface area contributed by atoms with Crippen molar-refractivity contribution in [2.24, 2.45) is 0 Å². The third kappa shape index (κ3) is 2.94. The predicted octanol–water partition coefficient (Wildman–Crippen LogP) is 3.18. The Labute approximate surface area is 138 Å². The Morgan fingerprint density at radius 1 is 1.39 bits per heavy atom. The van der Waals surface area contributed by atoms with Crippen LogP contribution in [-0.2, 0) is 12.8 Å². The molecule has 2 aromatic heterocycles. The van der Waals surface area contributed by atoms with Gasteiger partial charge in [0.25, 0.3) is 0 Å². The Morgan fingerprint density at radius 3 is 3.17 bits per heavy atom. The summed E-state index contributed by atoms with van der Waals surface area (Å²) < 4.78 is 11.1. The molecule has 3 heterocycles. The van der Waals surface area contributed by atoms with E-state index in [0.717, 1.165) is 41.6 Å². The van der Waals surface area contributed by atoms with E-state index in [0.29, 0.717) is 6.61 Å². The number of rotatable bonds is 4. The monoisotopic (exact) mass is 327 g/mol. The molecule has 1 N–H and O–H groups in total. The molecule has 0 saturated carbocycles.